The van der Waals surface area contributed by atoms with Crippen LogP contribution in [0.1, 0.15) is 15.9 Å². The second-order valence-corrected chi connectivity index (χ2v) is 4.55. The molecule has 0 aromatic heterocycles. The normalized spacial score (nSPS) is 10.2. The maximum Gasteiger partial charge on any atom is 0.337 e. The number of esters is 1. The summed E-state index contributed by atoms with van der Waals surface area (Å²) >= 11 is 0. The summed E-state index contributed by atoms with van der Waals surface area (Å²) in [5.74, 6) is -0.397. The summed E-state index contributed by atoms with van der Waals surface area (Å²) in [5, 5.41) is 3.20. The monoisotopic (exact) mass is 286 g/mol. The molecule has 0 heterocycles. The van der Waals surface area contributed by atoms with Crippen LogP contribution in [-0.2, 0) is 16.1 Å². The molecule has 2 rings (SSSR count). The zero-order chi connectivity index (χ0) is 15.2. The smallest absolute Gasteiger partial charge is 0.337 e. The third kappa shape index (κ3) is 3.73. The summed E-state index contributed by atoms with van der Waals surface area (Å²) in [6, 6.07) is 12.8. The van der Waals surface area contributed by atoms with Crippen molar-refractivity contribution in [2.24, 2.45) is 0 Å². The van der Waals surface area contributed by atoms with Crippen LogP contribution < -0.4 is 11.1 Å². The van der Waals surface area contributed by atoms with Crippen molar-refractivity contribution in [3.05, 3.63) is 53.6 Å². The SMILES string of the molecule is COCc1cccc(Nc2cc(C(=O)OC)ccc2N)c1. The molecule has 5 heteroatoms. The summed E-state index contributed by atoms with van der Waals surface area (Å²) in [7, 11) is 3.00. The van der Waals surface area contributed by atoms with Gasteiger partial charge in [0.1, 0.15) is 0 Å². The van der Waals surface area contributed by atoms with Crippen molar-refractivity contribution in [1.82, 2.24) is 0 Å². The number of hydrogen-bond acceptors (Lipinski definition) is 5. The molecule has 0 amide bonds. The maximum atomic E-state index is 11.6. The van der Waals surface area contributed by atoms with Crippen molar-refractivity contribution in [3.63, 3.8) is 0 Å². The molecule has 0 saturated heterocycles. The molecule has 110 valence electrons. The van der Waals surface area contributed by atoms with Crippen LogP contribution in [0.25, 0.3) is 0 Å². The van der Waals surface area contributed by atoms with Crippen LogP contribution in [0.15, 0.2) is 42.5 Å². The van der Waals surface area contributed by atoms with Gasteiger partial charge in [-0.15, -0.1) is 0 Å². The first-order chi connectivity index (χ1) is 10.1. The molecule has 0 bridgehead atoms. The number of methoxy groups -OCH3 is 2. The van der Waals surface area contributed by atoms with Gasteiger partial charge in [0.25, 0.3) is 0 Å². The topological polar surface area (TPSA) is 73.6 Å². The minimum atomic E-state index is -0.397. The predicted octanol–water partition coefficient (Wildman–Crippen LogP) is 2.95. The van der Waals surface area contributed by atoms with Gasteiger partial charge in [-0.1, -0.05) is 12.1 Å². The number of carbonyl (C=O) groups is 1. The van der Waals surface area contributed by atoms with Crippen LogP contribution >= 0.6 is 0 Å². The van der Waals surface area contributed by atoms with Crippen molar-refractivity contribution in [3.8, 4) is 0 Å². The molecule has 2 aromatic rings. The molecule has 0 aliphatic heterocycles. The number of anilines is 3. The quantitative estimate of drug-likeness (QED) is 0.653. The number of nitrogens with one attached hydrogen (secondary N) is 1. The van der Waals surface area contributed by atoms with E-state index in [1.165, 1.54) is 7.11 Å². The Morgan fingerprint density at radius 1 is 1.19 bits per heavy atom. The molecule has 0 fully saturated rings. The standard InChI is InChI=1S/C16H18N2O3/c1-20-10-11-4-3-5-13(8-11)18-15-9-12(16(19)21-2)6-7-14(15)17/h3-9,18H,10,17H2,1-2H3. The number of hydrogen-bond donors (Lipinski definition) is 2. The first-order valence-corrected chi connectivity index (χ1v) is 6.47. The first kappa shape index (κ1) is 14.9. The molecule has 0 atom stereocenters. The minimum absolute atomic E-state index is 0.397. The van der Waals surface area contributed by atoms with E-state index < -0.39 is 5.97 Å². The Kier molecular flexibility index (Phi) is 4.79. The number of benzene rings is 2. The Balaban J connectivity index is 2.26. The Labute approximate surface area is 123 Å². The lowest BCUT2D eigenvalue weighted by Crippen LogP contribution is -2.04. The fourth-order valence-corrected chi connectivity index (χ4v) is 1.97. The van der Waals surface area contributed by atoms with Gasteiger partial charge < -0.3 is 20.5 Å². The summed E-state index contributed by atoms with van der Waals surface area (Å²) in [6.07, 6.45) is 0. The van der Waals surface area contributed by atoms with Gasteiger partial charge in [-0.3, -0.25) is 0 Å². The van der Waals surface area contributed by atoms with Crippen LogP contribution in [0.4, 0.5) is 17.1 Å². The van der Waals surface area contributed by atoms with Crippen molar-refractivity contribution < 1.29 is 14.3 Å². The van der Waals surface area contributed by atoms with E-state index in [4.69, 9.17) is 15.2 Å². The molecule has 3 N–H and O–H groups in total. The lowest BCUT2D eigenvalue weighted by molar-refractivity contribution is 0.0601. The van der Waals surface area contributed by atoms with E-state index in [9.17, 15) is 4.79 Å². The van der Waals surface area contributed by atoms with Gasteiger partial charge in [-0.25, -0.2) is 4.79 Å². The predicted molar refractivity (Wildman–Crippen MR) is 82.6 cm³/mol. The highest BCUT2D eigenvalue weighted by Gasteiger charge is 2.08. The van der Waals surface area contributed by atoms with Crippen LogP contribution in [0.2, 0.25) is 0 Å². The molecule has 0 saturated carbocycles. The summed E-state index contributed by atoms with van der Waals surface area (Å²) in [4.78, 5) is 11.6. The number of rotatable bonds is 5. The van der Waals surface area contributed by atoms with Crippen LogP contribution in [-0.4, -0.2) is 20.2 Å². The van der Waals surface area contributed by atoms with Crippen molar-refractivity contribution >= 4 is 23.0 Å². The summed E-state index contributed by atoms with van der Waals surface area (Å²) in [6.45, 7) is 0.535. The third-order valence-corrected chi connectivity index (χ3v) is 2.99. The van der Waals surface area contributed by atoms with Crippen molar-refractivity contribution in [1.29, 1.82) is 0 Å². The molecular weight excluding hydrogens is 268 g/mol. The fraction of sp³-hybridized carbons (Fsp3) is 0.188. The fourth-order valence-electron chi connectivity index (χ4n) is 1.97. The lowest BCUT2D eigenvalue weighted by atomic mass is 10.1. The van der Waals surface area contributed by atoms with Gasteiger partial charge in [0, 0.05) is 12.8 Å². The van der Waals surface area contributed by atoms with Crippen LogP contribution in [0, 0.1) is 0 Å². The van der Waals surface area contributed by atoms with E-state index in [0.29, 0.717) is 23.5 Å². The second kappa shape index (κ2) is 6.76. The van der Waals surface area contributed by atoms with E-state index >= 15 is 0 Å². The number of carbonyl (C=O) groups excluding carboxylic acids is 1. The zero-order valence-corrected chi connectivity index (χ0v) is 12.1. The molecule has 5 nitrogen and oxygen atoms in total. The molecule has 0 aliphatic carbocycles. The first-order valence-electron chi connectivity index (χ1n) is 6.47. The lowest BCUT2D eigenvalue weighted by Gasteiger charge is -2.12. The van der Waals surface area contributed by atoms with Gasteiger partial charge in [0.2, 0.25) is 0 Å². The molecule has 0 radical (unpaired) electrons. The van der Waals surface area contributed by atoms with Gasteiger partial charge in [-0.2, -0.15) is 0 Å². The molecule has 0 aliphatic rings. The minimum Gasteiger partial charge on any atom is -0.465 e. The van der Waals surface area contributed by atoms with E-state index in [-0.39, 0.29) is 0 Å². The van der Waals surface area contributed by atoms with Crippen molar-refractivity contribution in [2.75, 3.05) is 25.3 Å². The molecule has 2 aromatic carbocycles. The van der Waals surface area contributed by atoms with Crippen LogP contribution in [0.5, 0.6) is 0 Å². The molecule has 0 spiro atoms. The van der Waals surface area contributed by atoms with E-state index in [1.54, 1.807) is 25.3 Å². The van der Waals surface area contributed by atoms with E-state index in [2.05, 4.69) is 5.32 Å². The summed E-state index contributed by atoms with van der Waals surface area (Å²) in [5.41, 5.74) is 9.52. The number of nitrogens with two attached hydrogens (primary N) is 1. The molecule has 21 heavy (non-hydrogen) atoms. The van der Waals surface area contributed by atoms with E-state index in [0.717, 1.165) is 11.3 Å². The van der Waals surface area contributed by atoms with Gasteiger partial charge in [0.15, 0.2) is 0 Å². The van der Waals surface area contributed by atoms with E-state index in [1.807, 2.05) is 24.3 Å². The Morgan fingerprint density at radius 3 is 2.71 bits per heavy atom. The Morgan fingerprint density at radius 2 is 2.00 bits per heavy atom. The van der Waals surface area contributed by atoms with Crippen molar-refractivity contribution in [2.45, 2.75) is 6.61 Å². The average Bonchev–Trinajstić information content (AvgIpc) is 2.49. The molecular formula is C16H18N2O3. The maximum absolute atomic E-state index is 11.6. The Hall–Kier alpha value is -2.53. The zero-order valence-electron chi connectivity index (χ0n) is 12.1. The molecule has 0 unspecified atom stereocenters. The second-order valence-electron chi connectivity index (χ2n) is 4.55. The van der Waals surface area contributed by atoms with Crippen LogP contribution in [0.3, 0.4) is 0 Å². The summed E-state index contributed by atoms with van der Waals surface area (Å²) < 4.78 is 9.82. The highest BCUT2D eigenvalue weighted by Crippen LogP contribution is 2.25. The highest BCUT2D eigenvalue weighted by atomic mass is 16.5. The van der Waals surface area contributed by atoms with Gasteiger partial charge >= 0.3 is 5.97 Å². The largest absolute Gasteiger partial charge is 0.465 e. The van der Waals surface area contributed by atoms with Gasteiger partial charge in [0.05, 0.1) is 30.7 Å². The van der Waals surface area contributed by atoms with Gasteiger partial charge in [-0.05, 0) is 35.9 Å². The third-order valence-electron chi connectivity index (χ3n) is 2.99. The number of ether oxygens (including phenoxy) is 2. The Bertz CT molecular complexity index is 641. The number of nitrogen functional groups attached to an aromatic ring is 1. The average molecular weight is 286 g/mol. The highest BCUT2D eigenvalue weighted by molar-refractivity contribution is 5.92.